The van der Waals surface area contributed by atoms with Crippen molar-refractivity contribution in [1.29, 1.82) is 0 Å². The van der Waals surface area contributed by atoms with Gasteiger partial charge in [-0.25, -0.2) is 9.97 Å². The van der Waals surface area contributed by atoms with E-state index in [-0.39, 0.29) is 0 Å². The number of anilines is 1. The van der Waals surface area contributed by atoms with Crippen LogP contribution in [0.2, 0.25) is 0 Å². The fourth-order valence-corrected chi connectivity index (χ4v) is 3.37. The molecule has 0 saturated carbocycles. The van der Waals surface area contributed by atoms with Gasteiger partial charge in [0.05, 0.1) is 11.6 Å². The zero-order chi connectivity index (χ0) is 14.9. The molecule has 1 saturated heterocycles. The molecule has 1 aliphatic heterocycles. The summed E-state index contributed by atoms with van der Waals surface area (Å²) in [5.41, 5.74) is 3.70. The minimum absolute atomic E-state index is 0.416. The van der Waals surface area contributed by atoms with Crippen LogP contribution in [0.3, 0.4) is 0 Å². The molecular formula is C19H19N3. The molecule has 22 heavy (non-hydrogen) atoms. The van der Waals surface area contributed by atoms with Gasteiger partial charge in [0.15, 0.2) is 0 Å². The van der Waals surface area contributed by atoms with Crippen molar-refractivity contribution in [3.63, 3.8) is 0 Å². The summed E-state index contributed by atoms with van der Waals surface area (Å²) in [5.74, 6) is 1.06. The van der Waals surface area contributed by atoms with Crippen LogP contribution in [-0.2, 0) is 0 Å². The number of aromatic nitrogens is 2. The molecule has 0 amide bonds. The molecule has 1 aromatic heterocycles. The van der Waals surface area contributed by atoms with Gasteiger partial charge in [-0.1, -0.05) is 42.0 Å². The third-order valence-electron chi connectivity index (χ3n) is 4.51. The Labute approximate surface area is 130 Å². The van der Waals surface area contributed by atoms with Crippen molar-refractivity contribution < 1.29 is 0 Å². The predicted molar refractivity (Wildman–Crippen MR) is 90.0 cm³/mol. The van der Waals surface area contributed by atoms with Gasteiger partial charge >= 0.3 is 0 Å². The average Bonchev–Trinajstić information content (AvgIpc) is 3.04. The highest BCUT2D eigenvalue weighted by Gasteiger charge is 2.28. The molecule has 2 aromatic carbocycles. The second kappa shape index (κ2) is 5.41. The molecule has 2 heterocycles. The Bertz CT molecular complexity index is 790. The monoisotopic (exact) mass is 289 g/mol. The quantitative estimate of drug-likeness (QED) is 0.705. The van der Waals surface area contributed by atoms with Crippen molar-refractivity contribution in [2.24, 2.45) is 0 Å². The maximum atomic E-state index is 4.60. The molecule has 0 spiro atoms. The lowest BCUT2D eigenvalue weighted by molar-refractivity contribution is 0.713. The summed E-state index contributed by atoms with van der Waals surface area (Å²) in [6, 6.07) is 17.6. The van der Waals surface area contributed by atoms with Crippen LogP contribution in [0.15, 0.2) is 54.9 Å². The maximum Gasteiger partial charge on any atom is 0.140 e. The highest BCUT2D eigenvalue weighted by Crippen LogP contribution is 2.37. The van der Waals surface area contributed by atoms with Crippen LogP contribution in [0.1, 0.15) is 30.0 Å². The molecule has 0 aliphatic carbocycles. The number of fused-ring (bicyclic) bond motifs is 1. The molecule has 110 valence electrons. The van der Waals surface area contributed by atoms with E-state index in [1.54, 1.807) is 6.33 Å². The number of hydrogen-bond donors (Lipinski definition) is 0. The van der Waals surface area contributed by atoms with Crippen LogP contribution in [0.25, 0.3) is 10.9 Å². The van der Waals surface area contributed by atoms with E-state index in [2.05, 4.69) is 64.3 Å². The zero-order valence-electron chi connectivity index (χ0n) is 12.7. The van der Waals surface area contributed by atoms with Crippen molar-refractivity contribution in [3.8, 4) is 0 Å². The molecule has 4 rings (SSSR count). The highest BCUT2D eigenvalue weighted by atomic mass is 15.2. The third-order valence-corrected chi connectivity index (χ3v) is 4.51. The van der Waals surface area contributed by atoms with Gasteiger partial charge in [-0.3, -0.25) is 0 Å². The molecule has 0 bridgehead atoms. The van der Waals surface area contributed by atoms with Crippen molar-refractivity contribution in [2.45, 2.75) is 25.8 Å². The van der Waals surface area contributed by atoms with E-state index in [1.807, 2.05) is 6.07 Å². The van der Waals surface area contributed by atoms with Crippen molar-refractivity contribution >= 4 is 16.7 Å². The summed E-state index contributed by atoms with van der Waals surface area (Å²) in [7, 11) is 0. The number of hydrogen-bond acceptors (Lipinski definition) is 3. The fourth-order valence-electron chi connectivity index (χ4n) is 3.37. The standard InChI is InChI=1S/C19H19N3/c1-14-8-10-15(11-9-14)18-7-4-12-22(18)19-16-5-2-3-6-17(16)20-13-21-19/h2-3,5-6,8-11,13,18H,4,7,12H2,1H3. The van der Waals surface area contributed by atoms with E-state index in [1.165, 1.54) is 24.0 Å². The number of rotatable bonds is 2. The molecule has 3 aromatic rings. The molecule has 1 fully saturated rings. The lowest BCUT2D eigenvalue weighted by Crippen LogP contribution is -2.23. The summed E-state index contributed by atoms with van der Waals surface area (Å²) in [4.78, 5) is 11.4. The van der Waals surface area contributed by atoms with Crippen LogP contribution in [0.5, 0.6) is 0 Å². The Morgan fingerprint density at radius 2 is 1.82 bits per heavy atom. The Balaban J connectivity index is 1.78. The molecule has 1 aliphatic rings. The van der Waals surface area contributed by atoms with Crippen molar-refractivity contribution in [3.05, 3.63) is 66.0 Å². The van der Waals surface area contributed by atoms with E-state index in [0.717, 1.165) is 23.3 Å². The van der Waals surface area contributed by atoms with E-state index in [0.29, 0.717) is 6.04 Å². The van der Waals surface area contributed by atoms with Crippen LogP contribution in [0.4, 0.5) is 5.82 Å². The Morgan fingerprint density at radius 1 is 1.00 bits per heavy atom. The third kappa shape index (κ3) is 2.23. The SMILES string of the molecule is Cc1ccc(C2CCCN2c2ncnc3ccccc23)cc1. The van der Waals surface area contributed by atoms with Gasteiger partial charge in [0.1, 0.15) is 12.1 Å². The molecule has 0 radical (unpaired) electrons. The number of nitrogens with zero attached hydrogens (tertiary/aromatic N) is 3. The average molecular weight is 289 g/mol. The first-order valence-corrected chi connectivity index (χ1v) is 7.86. The molecule has 1 unspecified atom stereocenters. The normalized spacial score (nSPS) is 18.0. The summed E-state index contributed by atoms with van der Waals surface area (Å²) in [5, 5.41) is 1.14. The van der Waals surface area contributed by atoms with Gasteiger partial charge in [0, 0.05) is 11.9 Å². The van der Waals surface area contributed by atoms with E-state index in [4.69, 9.17) is 0 Å². The van der Waals surface area contributed by atoms with Gasteiger partial charge in [0.25, 0.3) is 0 Å². The van der Waals surface area contributed by atoms with Crippen molar-refractivity contribution in [2.75, 3.05) is 11.4 Å². The lowest BCUT2D eigenvalue weighted by atomic mass is 10.0. The van der Waals surface area contributed by atoms with Crippen LogP contribution >= 0.6 is 0 Å². The molecule has 3 nitrogen and oxygen atoms in total. The number of aryl methyl sites for hydroxylation is 1. The van der Waals surface area contributed by atoms with E-state index >= 15 is 0 Å². The van der Waals surface area contributed by atoms with Gasteiger partial charge in [-0.05, 0) is 37.5 Å². The highest BCUT2D eigenvalue weighted by molar-refractivity contribution is 5.89. The number of benzene rings is 2. The summed E-state index contributed by atoms with van der Waals surface area (Å²) >= 11 is 0. The topological polar surface area (TPSA) is 29.0 Å². The van der Waals surface area contributed by atoms with Gasteiger partial charge < -0.3 is 4.90 Å². The Morgan fingerprint density at radius 3 is 2.68 bits per heavy atom. The Hall–Kier alpha value is -2.42. The van der Waals surface area contributed by atoms with Crippen LogP contribution < -0.4 is 4.90 Å². The summed E-state index contributed by atoms with van der Waals surface area (Å²) in [6.45, 7) is 3.19. The first-order chi connectivity index (χ1) is 10.8. The number of para-hydroxylation sites is 1. The van der Waals surface area contributed by atoms with Crippen LogP contribution in [-0.4, -0.2) is 16.5 Å². The van der Waals surface area contributed by atoms with Crippen LogP contribution in [0, 0.1) is 6.92 Å². The summed E-state index contributed by atoms with van der Waals surface area (Å²) < 4.78 is 0. The zero-order valence-corrected chi connectivity index (χ0v) is 12.7. The minimum Gasteiger partial charge on any atom is -0.349 e. The molecule has 1 atom stereocenters. The molecule has 0 N–H and O–H groups in total. The predicted octanol–water partition coefficient (Wildman–Crippen LogP) is 4.28. The second-order valence-electron chi connectivity index (χ2n) is 5.98. The van der Waals surface area contributed by atoms with Gasteiger partial charge in [0.2, 0.25) is 0 Å². The summed E-state index contributed by atoms with van der Waals surface area (Å²) in [6.07, 6.45) is 4.07. The minimum atomic E-state index is 0.416. The van der Waals surface area contributed by atoms with E-state index < -0.39 is 0 Å². The molecule has 3 heteroatoms. The smallest absolute Gasteiger partial charge is 0.140 e. The first-order valence-electron chi connectivity index (χ1n) is 7.86. The van der Waals surface area contributed by atoms with Gasteiger partial charge in [-0.2, -0.15) is 0 Å². The second-order valence-corrected chi connectivity index (χ2v) is 5.98. The largest absolute Gasteiger partial charge is 0.349 e. The lowest BCUT2D eigenvalue weighted by Gasteiger charge is -2.27. The van der Waals surface area contributed by atoms with Gasteiger partial charge in [-0.15, -0.1) is 0 Å². The van der Waals surface area contributed by atoms with Crippen molar-refractivity contribution in [1.82, 2.24) is 9.97 Å². The first kappa shape index (κ1) is 13.3. The molecular weight excluding hydrogens is 270 g/mol. The maximum absolute atomic E-state index is 4.60. The fraction of sp³-hybridized carbons (Fsp3) is 0.263. The van der Waals surface area contributed by atoms with E-state index in [9.17, 15) is 0 Å². The Kier molecular flexibility index (Phi) is 3.26.